The number of methoxy groups -OCH3 is 1. The van der Waals surface area contributed by atoms with Gasteiger partial charge in [-0.25, -0.2) is 0 Å². The lowest BCUT2D eigenvalue weighted by Crippen LogP contribution is -2.49. The van der Waals surface area contributed by atoms with Gasteiger partial charge in [-0.1, -0.05) is 31.9 Å². The number of amides is 1. The molecule has 1 aromatic rings. The van der Waals surface area contributed by atoms with Gasteiger partial charge in [-0.15, -0.1) is 0 Å². The van der Waals surface area contributed by atoms with Crippen LogP contribution in [0.1, 0.15) is 17.3 Å². The van der Waals surface area contributed by atoms with Gasteiger partial charge in [-0.05, 0) is 13.0 Å². The number of hydrogen-bond acceptors (Lipinski definition) is 4. The predicted molar refractivity (Wildman–Crippen MR) is 83.1 cm³/mol. The fourth-order valence-electron chi connectivity index (χ4n) is 1.43. The molecule has 0 bridgehead atoms. The predicted octanol–water partition coefficient (Wildman–Crippen LogP) is 2.88. The number of carbonyl (C=O) groups excluding carboxylic acids is 1. The molecule has 1 N–H and O–H groups in total. The summed E-state index contributed by atoms with van der Waals surface area (Å²) in [6.07, 6.45) is 0. The van der Waals surface area contributed by atoms with E-state index in [1.807, 2.05) is 6.92 Å². The fourth-order valence-corrected chi connectivity index (χ4v) is 2.63. The zero-order valence-corrected chi connectivity index (χ0v) is 14.2. The Morgan fingerprint density at radius 1 is 1.45 bits per heavy atom. The number of nitrogens with zero attached hydrogens (tertiary/aromatic N) is 1. The normalized spacial score (nSPS) is 11.0. The van der Waals surface area contributed by atoms with E-state index < -0.39 is 10.5 Å². The van der Waals surface area contributed by atoms with Crippen LogP contribution in [-0.2, 0) is 0 Å². The van der Waals surface area contributed by atoms with Crippen LogP contribution in [0.4, 0.5) is 5.69 Å². The van der Waals surface area contributed by atoms with Crippen molar-refractivity contribution < 1.29 is 14.5 Å². The highest BCUT2D eigenvalue weighted by Gasteiger charge is 2.26. The van der Waals surface area contributed by atoms with E-state index in [1.165, 1.54) is 25.3 Å². The van der Waals surface area contributed by atoms with Crippen LogP contribution in [-0.4, -0.2) is 34.1 Å². The van der Waals surface area contributed by atoms with Crippen molar-refractivity contribution >= 4 is 43.5 Å². The zero-order chi connectivity index (χ0) is 15.3. The van der Waals surface area contributed by atoms with Crippen molar-refractivity contribution in [3.63, 3.8) is 0 Å². The first-order valence-electron chi connectivity index (χ1n) is 5.63. The molecular weight excluding hydrogens is 396 g/mol. The van der Waals surface area contributed by atoms with Crippen molar-refractivity contribution in [3.8, 4) is 5.75 Å². The van der Waals surface area contributed by atoms with E-state index in [4.69, 9.17) is 4.74 Å². The smallest absolute Gasteiger partial charge is 0.273 e. The van der Waals surface area contributed by atoms with E-state index in [1.54, 1.807) is 0 Å². The van der Waals surface area contributed by atoms with Crippen molar-refractivity contribution in [1.82, 2.24) is 5.32 Å². The quantitative estimate of drug-likeness (QED) is 0.445. The van der Waals surface area contributed by atoms with E-state index in [0.29, 0.717) is 10.7 Å². The van der Waals surface area contributed by atoms with E-state index in [9.17, 15) is 14.9 Å². The first-order valence-corrected chi connectivity index (χ1v) is 7.88. The number of ether oxygens (including phenoxy) is 1. The Bertz CT molecular complexity index is 518. The molecule has 0 atom stereocenters. The molecule has 110 valence electrons. The van der Waals surface area contributed by atoms with Crippen LogP contribution in [0.2, 0.25) is 0 Å². The second kappa shape index (κ2) is 7.03. The molecule has 0 spiro atoms. The maximum Gasteiger partial charge on any atom is 0.273 e. The van der Waals surface area contributed by atoms with Gasteiger partial charge in [0.1, 0.15) is 5.75 Å². The van der Waals surface area contributed by atoms with Crippen LogP contribution in [0.25, 0.3) is 0 Å². The van der Waals surface area contributed by atoms with Gasteiger partial charge in [-0.3, -0.25) is 14.9 Å². The maximum atomic E-state index is 12.2. The molecule has 8 heteroatoms. The minimum Gasteiger partial charge on any atom is -0.496 e. The summed E-state index contributed by atoms with van der Waals surface area (Å²) in [5.74, 6) is -0.179. The molecule has 0 unspecified atom stereocenters. The van der Waals surface area contributed by atoms with Gasteiger partial charge in [0.2, 0.25) is 0 Å². The lowest BCUT2D eigenvalue weighted by atomic mass is 10.1. The first kappa shape index (κ1) is 16.9. The molecule has 0 aliphatic rings. The number of nitro benzene ring substituents is 1. The summed E-state index contributed by atoms with van der Waals surface area (Å²) in [6.45, 7) is 1.87. The van der Waals surface area contributed by atoms with Crippen LogP contribution >= 0.6 is 31.9 Å². The highest BCUT2D eigenvalue weighted by molar-refractivity contribution is 9.09. The van der Waals surface area contributed by atoms with Crippen LogP contribution < -0.4 is 10.1 Å². The van der Waals surface area contributed by atoms with Gasteiger partial charge < -0.3 is 10.1 Å². The minimum atomic E-state index is -0.536. The molecular formula is C12H14Br2N2O4. The monoisotopic (exact) mass is 408 g/mol. The Hall–Kier alpha value is -1.15. The van der Waals surface area contributed by atoms with Gasteiger partial charge in [0.15, 0.2) is 0 Å². The molecule has 0 saturated heterocycles. The van der Waals surface area contributed by atoms with Crippen molar-refractivity contribution in [2.45, 2.75) is 12.5 Å². The van der Waals surface area contributed by atoms with Gasteiger partial charge in [0.25, 0.3) is 11.6 Å². The summed E-state index contributed by atoms with van der Waals surface area (Å²) in [7, 11) is 1.37. The number of benzene rings is 1. The lowest BCUT2D eigenvalue weighted by Gasteiger charge is -2.26. The Morgan fingerprint density at radius 2 is 2.05 bits per heavy atom. The zero-order valence-electron chi connectivity index (χ0n) is 11.0. The highest BCUT2D eigenvalue weighted by Crippen LogP contribution is 2.25. The number of nitro groups is 1. The van der Waals surface area contributed by atoms with Crippen molar-refractivity contribution in [1.29, 1.82) is 0 Å². The molecule has 20 heavy (non-hydrogen) atoms. The van der Waals surface area contributed by atoms with Gasteiger partial charge in [0, 0.05) is 16.7 Å². The number of rotatable bonds is 6. The Morgan fingerprint density at radius 3 is 2.50 bits per heavy atom. The third-order valence-corrected chi connectivity index (χ3v) is 5.12. The first-order chi connectivity index (χ1) is 9.36. The topological polar surface area (TPSA) is 81.5 Å². The molecule has 0 heterocycles. The van der Waals surface area contributed by atoms with Crippen LogP contribution in [0.3, 0.4) is 0 Å². The summed E-state index contributed by atoms with van der Waals surface area (Å²) in [5, 5.41) is 14.7. The van der Waals surface area contributed by atoms with Crippen molar-refractivity contribution in [2.75, 3.05) is 17.8 Å². The maximum absolute atomic E-state index is 12.2. The molecule has 0 radical (unpaired) electrons. The Kier molecular flexibility index (Phi) is 5.94. The average Bonchev–Trinajstić information content (AvgIpc) is 2.46. The van der Waals surface area contributed by atoms with Crippen molar-refractivity contribution in [2.24, 2.45) is 0 Å². The SMILES string of the molecule is COc1cc([N+](=O)[O-])ccc1C(=O)NC(C)(CBr)CBr. The lowest BCUT2D eigenvalue weighted by molar-refractivity contribution is -0.384. The second-order valence-electron chi connectivity index (χ2n) is 4.42. The second-order valence-corrected chi connectivity index (χ2v) is 5.55. The van der Waals surface area contributed by atoms with Gasteiger partial charge in [-0.2, -0.15) is 0 Å². The number of alkyl halides is 2. The van der Waals surface area contributed by atoms with E-state index >= 15 is 0 Å². The summed E-state index contributed by atoms with van der Waals surface area (Å²) in [4.78, 5) is 22.4. The van der Waals surface area contributed by atoms with Gasteiger partial charge >= 0.3 is 0 Å². The molecule has 0 fully saturated rings. The van der Waals surface area contributed by atoms with Crippen LogP contribution in [0.15, 0.2) is 18.2 Å². The molecule has 0 aliphatic carbocycles. The van der Waals surface area contributed by atoms with E-state index in [2.05, 4.69) is 37.2 Å². The highest BCUT2D eigenvalue weighted by atomic mass is 79.9. The summed E-state index contributed by atoms with van der Waals surface area (Å²) >= 11 is 6.67. The largest absolute Gasteiger partial charge is 0.496 e. The number of non-ortho nitro benzene ring substituents is 1. The number of nitrogens with one attached hydrogen (secondary N) is 1. The van der Waals surface area contributed by atoms with Gasteiger partial charge in [0.05, 0.1) is 29.2 Å². The number of carbonyl (C=O) groups is 1. The summed E-state index contributed by atoms with van der Waals surface area (Å²) in [5.41, 5.74) is -0.336. The molecule has 6 nitrogen and oxygen atoms in total. The number of halogens is 2. The van der Waals surface area contributed by atoms with Crippen molar-refractivity contribution in [3.05, 3.63) is 33.9 Å². The molecule has 0 aromatic heterocycles. The summed E-state index contributed by atoms with van der Waals surface area (Å²) < 4.78 is 5.05. The summed E-state index contributed by atoms with van der Waals surface area (Å²) in [6, 6.07) is 3.89. The Labute approximate surface area is 133 Å². The Balaban J connectivity index is 3.07. The van der Waals surface area contributed by atoms with E-state index in [-0.39, 0.29) is 22.9 Å². The average molecular weight is 410 g/mol. The molecule has 1 amide bonds. The van der Waals surface area contributed by atoms with E-state index in [0.717, 1.165) is 0 Å². The number of hydrogen-bond donors (Lipinski definition) is 1. The fraction of sp³-hybridized carbons (Fsp3) is 0.417. The third-order valence-electron chi connectivity index (χ3n) is 2.65. The molecule has 0 saturated carbocycles. The standard InChI is InChI=1S/C12H14Br2N2O4/c1-12(6-13,7-14)15-11(17)9-4-3-8(16(18)19)5-10(9)20-2/h3-5H,6-7H2,1-2H3,(H,15,17). The molecule has 1 aromatic carbocycles. The third kappa shape index (κ3) is 3.92. The molecule has 0 aliphatic heterocycles. The molecule has 1 rings (SSSR count). The van der Waals surface area contributed by atoms with Crippen LogP contribution in [0, 0.1) is 10.1 Å². The minimum absolute atomic E-state index is 0.123. The van der Waals surface area contributed by atoms with Crippen LogP contribution in [0.5, 0.6) is 5.75 Å².